The third-order valence-electron chi connectivity index (χ3n) is 3.62. The summed E-state index contributed by atoms with van der Waals surface area (Å²) in [6.07, 6.45) is 4.40. The monoisotopic (exact) mass is 267 g/mol. The lowest BCUT2D eigenvalue weighted by atomic mass is 9.77. The maximum Gasteiger partial charge on any atom is 0.231 e. The Morgan fingerprint density at radius 1 is 1.67 bits per heavy atom. The molecule has 1 fully saturated rings. The van der Waals surface area contributed by atoms with Crippen molar-refractivity contribution in [1.29, 1.82) is 0 Å². The maximum absolute atomic E-state index is 12.4. The van der Waals surface area contributed by atoms with Gasteiger partial charge in [-0.1, -0.05) is 18.5 Å². The van der Waals surface area contributed by atoms with Crippen molar-refractivity contribution in [2.24, 2.45) is 5.41 Å². The van der Waals surface area contributed by atoms with Gasteiger partial charge in [-0.05, 0) is 37.9 Å². The number of hydrogen-bond acceptors (Lipinski definition) is 3. The predicted octanol–water partition coefficient (Wildman–Crippen LogP) is 2.45. The Morgan fingerprint density at radius 2 is 2.50 bits per heavy atom. The van der Waals surface area contributed by atoms with E-state index in [1.54, 1.807) is 18.3 Å². The number of rotatable bonds is 3. The van der Waals surface area contributed by atoms with Crippen LogP contribution in [0.2, 0.25) is 5.15 Å². The van der Waals surface area contributed by atoms with Gasteiger partial charge < -0.3 is 10.6 Å². The van der Waals surface area contributed by atoms with E-state index in [2.05, 4.69) is 22.5 Å². The highest BCUT2D eigenvalue weighted by molar-refractivity contribution is 6.29. The van der Waals surface area contributed by atoms with Crippen molar-refractivity contribution >= 4 is 23.2 Å². The summed E-state index contributed by atoms with van der Waals surface area (Å²) >= 11 is 5.81. The molecule has 1 aromatic rings. The summed E-state index contributed by atoms with van der Waals surface area (Å²) in [5, 5.41) is 6.64. The van der Waals surface area contributed by atoms with Crippen LogP contribution in [0.15, 0.2) is 18.3 Å². The molecule has 1 aromatic heterocycles. The number of aromatic nitrogens is 1. The highest BCUT2D eigenvalue weighted by Gasteiger charge is 2.37. The first-order valence-corrected chi connectivity index (χ1v) is 6.68. The van der Waals surface area contributed by atoms with Gasteiger partial charge in [0, 0.05) is 18.4 Å². The summed E-state index contributed by atoms with van der Waals surface area (Å²) < 4.78 is 0. The van der Waals surface area contributed by atoms with Gasteiger partial charge in [0.25, 0.3) is 0 Å². The molecule has 1 aliphatic heterocycles. The summed E-state index contributed by atoms with van der Waals surface area (Å²) in [6.45, 7) is 3.80. The Hall–Kier alpha value is -1.13. The number of pyridine rings is 1. The second-order valence-electron chi connectivity index (χ2n) is 4.74. The average molecular weight is 268 g/mol. The topological polar surface area (TPSA) is 54.0 Å². The molecule has 2 heterocycles. The lowest BCUT2D eigenvalue weighted by molar-refractivity contribution is -0.126. The Bertz CT molecular complexity index is 430. The van der Waals surface area contributed by atoms with E-state index in [0.29, 0.717) is 10.8 Å². The van der Waals surface area contributed by atoms with E-state index in [4.69, 9.17) is 11.6 Å². The molecule has 0 bridgehead atoms. The van der Waals surface area contributed by atoms with Crippen LogP contribution in [0.5, 0.6) is 0 Å². The van der Waals surface area contributed by atoms with Crippen LogP contribution in [-0.2, 0) is 4.79 Å². The van der Waals surface area contributed by atoms with Crippen molar-refractivity contribution in [2.45, 2.75) is 26.2 Å². The smallest absolute Gasteiger partial charge is 0.231 e. The van der Waals surface area contributed by atoms with Gasteiger partial charge in [0.2, 0.25) is 5.91 Å². The molecule has 98 valence electrons. The van der Waals surface area contributed by atoms with E-state index in [0.717, 1.165) is 32.4 Å². The zero-order valence-corrected chi connectivity index (χ0v) is 11.3. The lowest BCUT2D eigenvalue weighted by Gasteiger charge is -2.35. The van der Waals surface area contributed by atoms with E-state index < -0.39 is 0 Å². The summed E-state index contributed by atoms with van der Waals surface area (Å²) in [4.78, 5) is 16.3. The van der Waals surface area contributed by atoms with Gasteiger partial charge in [-0.15, -0.1) is 0 Å². The molecule has 18 heavy (non-hydrogen) atoms. The second-order valence-corrected chi connectivity index (χ2v) is 5.12. The number of halogens is 1. The van der Waals surface area contributed by atoms with E-state index >= 15 is 0 Å². The quantitative estimate of drug-likeness (QED) is 0.827. The van der Waals surface area contributed by atoms with Crippen LogP contribution in [0.25, 0.3) is 0 Å². The van der Waals surface area contributed by atoms with Gasteiger partial charge in [-0.2, -0.15) is 0 Å². The van der Waals surface area contributed by atoms with Crippen molar-refractivity contribution in [1.82, 2.24) is 10.3 Å². The second kappa shape index (κ2) is 5.67. The molecule has 0 aliphatic carbocycles. The van der Waals surface area contributed by atoms with Crippen LogP contribution in [0.4, 0.5) is 5.69 Å². The van der Waals surface area contributed by atoms with Gasteiger partial charge in [-0.25, -0.2) is 4.98 Å². The Balaban J connectivity index is 2.10. The molecule has 0 radical (unpaired) electrons. The molecule has 1 saturated heterocycles. The molecule has 0 saturated carbocycles. The molecule has 2 rings (SSSR count). The van der Waals surface area contributed by atoms with Crippen LogP contribution in [0.1, 0.15) is 26.2 Å². The minimum absolute atomic E-state index is 0.0690. The van der Waals surface area contributed by atoms with Gasteiger partial charge >= 0.3 is 0 Å². The van der Waals surface area contributed by atoms with Crippen molar-refractivity contribution in [3.05, 3.63) is 23.5 Å². The Kier molecular flexibility index (Phi) is 4.19. The summed E-state index contributed by atoms with van der Waals surface area (Å²) in [5.74, 6) is 0.0690. The number of amides is 1. The lowest BCUT2D eigenvalue weighted by Crippen LogP contribution is -2.47. The first kappa shape index (κ1) is 13.3. The first-order chi connectivity index (χ1) is 8.66. The largest absolute Gasteiger partial charge is 0.325 e. The predicted molar refractivity (Wildman–Crippen MR) is 72.7 cm³/mol. The Labute approximate surface area is 112 Å². The average Bonchev–Trinajstić information content (AvgIpc) is 2.39. The van der Waals surface area contributed by atoms with Crippen molar-refractivity contribution in [3.63, 3.8) is 0 Å². The van der Waals surface area contributed by atoms with E-state index in [1.807, 2.05) is 0 Å². The molecule has 2 N–H and O–H groups in total. The third kappa shape index (κ3) is 2.82. The minimum atomic E-state index is -0.298. The molecule has 1 unspecified atom stereocenters. The van der Waals surface area contributed by atoms with Gasteiger partial charge in [0.05, 0.1) is 5.41 Å². The zero-order valence-electron chi connectivity index (χ0n) is 10.5. The number of nitrogens with zero attached hydrogens (tertiary/aromatic N) is 1. The fourth-order valence-corrected chi connectivity index (χ4v) is 2.54. The molecular formula is C13H18ClN3O. The third-order valence-corrected chi connectivity index (χ3v) is 3.82. The number of carbonyl (C=O) groups excluding carboxylic acids is 1. The van der Waals surface area contributed by atoms with E-state index in [9.17, 15) is 4.79 Å². The summed E-state index contributed by atoms with van der Waals surface area (Å²) in [5.41, 5.74) is 0.409. The van der Waals surface area contributed by atoms with E-state index in [1.165, 1.54) is 0 Å². The number of nitrogens with one attached hydrogen (secondary N) is 2. The number of carbonyl (C=O) groups is 1. The summed E-state index contributed by atoms with van der Waals surface area (Å²) in [7, 11) is 0. The van der Waals surface area contributed by atoms with Crippen molar-refractivity contribution in [2.75, 3.05) is 18.4 Å². The van der Waals surface area contributed by atoms with Crippen LogP contribution in [0, 0.1) is 5.41 Å². The number of hydrogen-bond donors (Lipinski definition) is 2. The minimum Gasteiger partial charge on any atom is -0.325 e. The van der Waals surface area contributed by atoms with Crippen LogP contribution >= 0.6 is 11.6 Å². The SMILES string of the molecule is CCC1(C(=O)Nc2ccnc(Cl)c2)CCCNC1. The highest BCUT2D eigenvalue weighted by Crippen LogP contribution is 2.31. The molecule has 0 spiro atoms. The molecule has 5 heteroatoms. The van der Waals surface area contributed by atoms with Crippen LogP contribution < -0.4 is 10.6 Å². The van der Waals surface area contributed by atoms with Crippen molar-refractivity contribution < 1.29 is 4.79 Å². The fraction of sp³-hybridized carbons (Fsp3) is 0.538. The standard InChI is InChI=1S/C13H18ClN3O/c1-2-13(5-3-6-15-9-13)12(18)17-10-4-7-16-11(14)8-10/h4,7-8,15H,2-3,5-6,9H2,1H3,(H,16,17,18). The van der Waals surface area contributed by atoms with E-state index in [-0.39, 0.29) is 11.3 Å². The summed E-state index contributed by atoms with van der Waals surface area (Å²) in [6, 6.07) is 3.42. The fourth-order valence-electron chi connectivity index (χ4n) is 2.37. The van der Waals surface area contributed by atoms with Crippen LogP contribution in [-0.4, -0.2) is 24.0 Å². The zero-order chi connectivity index (χ0) is 13.0. The molecule has 4 nitrogen and oxygen atoms in total. The first-order valence-electron chi connectivity index (χ1n) is 6.30. The molecule has 0 aromatic carbocycles. The van der Waals surface area contributed by atoms with Gasteiger partial charge in [0.15, 0.2) is 0 Å². The molecular weight excluding hydrogens is 250 g/mol. The maximum atomic E-state index is 12.4. The van der Waals surface area contributed by atoms with Crippen LogP contribution in [0.3, 0.4) is 0 Å². The molecule has 1 atom stereocenters. The molecule has 1 aliphatic rings. The van der Waals surface area contributed by atoms with Gasteiger partial charge in [-0.3, -0.25) is 4.79 Å². The van der Waals surface area contributed by atoms with Gasteiger partial charge in [0.1, 0.15) is 5.15 Å². The Morgan fingerprint density at radius 3 is 3.11 bits per heavy atom. The number of piperidine rings is 1. The van der Waals surface area contributed by atoms with Crippen molar-refractivity contribution in [3.8, 4) is 0 Å². The molecule has 1 amide bonds. The normalized spacial score (nSPS) is 23.7. The number of anilines is 1. The highest BCUT2D eigenvalue weighted by atomic mass is 35.5.